The Morgan fingerprint density at radius 1 is 0.964 bits per heavy atom. The van der Waals surface area contributed by atoms with E-state index in [1.165, 1.54) is 0 Å². The van der Waals surface area contributed by atoms with Crippen molar-refractivity contribution in [2.45, 2.75) is 20.5 Å². The number of anilines is 1. The van der Waals surface area contributed by atoms with E-state index >= 15 is 0 Å². The summed E-state index contributed by atoms with van der Waals surface area (Å²) in [6.45, 7) is 4.04. The summed E-state index contributed by atoms with van der Waals surface area (Å²) >= 11 is 0. The molecule has 2 aromatic carbocycles. The number of hydrogen-bond donors (Lipinski definition) is 0. The van der Waals surface area contributed by atoms with Crippen molar-refractivity contribution in [1.29, 1.82) is 0 Å². The van der Waals surface area contributed by atoms with Gasteiger partial charge in [-0.05, 0) is 31.5 Å². The molecular formula is C23H24N2O3. The minimum atomic E-state index is -0.458. The third kappa shape index (κ3) is 4.31. The Hall–Kier alpha value is -3.34. The first-order valence-electron chi connectivity index (χ1n) is 9.10. The van der Waals surface area contributed by atoms with E-state index in [9.17, 15) is 4.79 Å². The number of carbonyl (C=O) groups is 1. The summed E-state index contributed by atoms with van der Waals surface area (Å²) in [5.41, 5.74) is 2.78. The molecule has 0 unspecified atom stereocenters. The molecule has 0 spiro atoms. The van der Waals surface area contributed by atoms with Gasteiger partial charge in [0, 0.05) is 19.7 Å². The van der Waals surface area contributed by atoms with Gasteiger partial charge in [0.05, 0.1) is 5.69 Å². The lowest BCUT2D eigenvalue weighted by atomic mass is 10.1. The summed E-state index contributed by atoms with van der Waals surface area (Å²) in [6.07, 6.45) is 0. The van der Waals surface area contributed by atoms with E-state index in [1.807, 2.05) is 81.4 Å². The second-order valence-electron chi connectivity index (χ2n) is 6.72. The Morgan fingerprint density at radius 2 is 1.57 bits per heavy atom. The Labute approximate surface area is 165 Å². The van der Waals surface area contributed by atoms with Crippen LogP contribution in [0.2, 0.25) is 0 Å². The molecule has 0 N–H and O–H groups in total. The van der Waals surface area contributed by atoms with Crippen molar-refractivity contribution in [3.8, 4) is 11.5 Å². The lowest BCUT2D eigenvalue weighted by molar-refractivity contribution is 0.0728. The van der Waals surface area contributed by atoms with Crippen LogP contribution in [0.3, 0.4) is 0 Å². The minimum Gasteiger partial charge on any atom is -0.486 e. The van der Waals surface area contributed by atoms with Crippen LogP contribution in [0.5, 0.6) is 11.5 Å². The van der Waals surface area contributed by atoms with Gasteiger partial charge in [-0.1, -0.05) is 48.5 Å². The van der Waals surface area contributed by atoms with Crippen LogP contribution in [-0.2, 0) is 6.61 Å². The molecule has 144 valence electrons. The van der Waals surface area contributed by atoms with E-state index in [0.29, 0.717) is 35.2 Å². The van der Waals surface area contributed by atoms with Crippen LogP contribution in [0, 0.1) is 13.8 Å². The molecule has 5 nitrogen and oxygen atoms in total. The number of hydrogen-bond acceptors (Lipinski definition) is 5. The Morgan fingerprint density at radius 3 is 2.18 bits per heavy atom. The van der Waals surface area contributed by atoms with Gasteiger partial charge in [0.15, 0.2) is 5.75 Å². The topological polar surface area (TPSA) is 51.7 Å². The maximum Gasteiger partial charge on any atom is 0.347 e. The molecule has 0 amide bonds. The largest absolute Gasteiger partial charge is 0.486 e. The van der Waals surface area contributed by atoms with Crippen LogP contribution >= 0.6 is 0 Å². The van der Waals surface area contributed by atoms with Gasteiger partial charge in [-0.25, -0.2) is 9.78 Å². The molecule has 0 aliphatic heterocycles. The quantitative estimate of drug-likeness (QED) is 0.466. The molecule has 0 radical (unpaired) electrons. The molecule has 0 aliphatic carbocycles. The Kier molecular flexibility index (Phi) is 5.94. The van der Waals surface area contributed by atoms with Crippen molar-refractivity contribution >= 4 is 11.8 Å². The number of para-hydroxylation sites is 1. The number of esters is 1. The molecule has 28 heavy (non-hydrogen) atoms. The highest BCUT2D eigenvalue weighted by Gasteiger charge is 2.25. The van der Waals surface area contributed by atoms with E-state index in [4.69, 9.17) is 9.47 Å². The van der Waals surface area contributed by atoms with E-state index in [2.05, 4.69) is 4.98 Å². The molecule has 3 aromatic rings. The summed E-state index contributed by atoms with van der Waals surface area (Å²) in [5, 5.41) is 0. The molecule has 0 aliphatic rings. The van der Waals surface area contributed by atoms with Gasteiger partial charge in [-0.3, -0.25) is 0 Å². The van der Waals surface area contributed by atoms with Gasteiger partial charge in [0.2, 0.25) is 0 Å². The van der Waals surface area contributed by atoms with Crippen LogP contribution in [-0.4, -0.2) is 25.0 Å². The van der Waals surface area contributed by atoms with E-state index in [-0.39, 0.29) is 0 Å². The Balaban J connectivity index is 1.99. The van der Waals surface area contributed by atoms with Crippen LogP contribution in [0.15, 0.2) is 60.7 Å². The summed E-state index contributed by atoms with van der Waals surface area (Å²) < 4.78 is 11.6. The van der Waals surface area contributed by atoms with Crippen LogP contribution in [0.1, 0.15) is 27.2 Å². The summed E-state index contributed by atoms with van der Waals surface area (Å²) in [6, 6.07) is 18.8. The fourth-order valence-electron chi connectivity index (χ4n) is 2.99. The normalized spacial score (nSPS) is 10.4. The average Bonchev–Trinajstić information content (AvgIpc) is 2.69. The van der Waals surface area contributed by atoms with Gasteiger partial charge in [-0.2, -0.15) is 0 Å². The van der Waals surface area contributed by atoms with Gasteiger partial charge in [-0.15, -0.1) is 0 Å². The van der Waals surface area contributed by atoms with Crippen molar-refractivity contribution in [1.82, 2.24) is 4.98 Å². The Bertz CT molecular complexity index is 955. The summed E-state index contributed by atoms with van der Waals surface area (Å²) in [7, 11) is 3.79. The molecule has 1 heterocycles. The molecule has 1 aromatic heterocycles. The zero-order valence-electron chi connectivity index (χ0n) is 16.6. The number of rotatable bonds is 6. The molecule has 0 bridgehead atoms. The summed E-state index contributed by atoms with van der Waals surface area (Å²) in [5.74, 6) is 1.19. The lowest BCUT2D eigenvalue weighted by Gasteiger charge is -2.21. The third-order valence-corrected chi connectivity index (χ3v) is 4.35. The molecule has 0 atom stereocenters. The number of carbonyl (C=O) groups excluding carboxylic acids is 1. The van der Waals surface area contributed by atoms with E-state index < -0.39 is 5.97 Å². The highest BCUT2D eigenvalue weighted by atomic mass is 16.5. The fourth-order valence-corrected chi connectivity index (χ4v) is 2.99. The minimum absolute atomic E-state index is 0.343. The SMILES string of the molecule is Cc1nc(N(C)C)c(C)c(C(=O)Oc2ccccc2)c1OCc1ccccc1. The second-order valence-corrected chi connectivity index (χ2v) is 6.72. The van der Waals surface area contributed by atoms with E-state index in [1.54, 1.807) is 12.1 Å². The molecule has 0 saturated heterocycles. The van der Waals surface area contributed by atoms with E-state index in [0.717, 1.165) is 11.1 Å². The first kappa shape index (κ1) is 19.4. The lowest BCUT2D eigenvalue weighted by Crippen LogP contribution is -2.19. The number of pyridine rings is 1. The maximum atomic E-state index is 13.0. The zero-order chi connectivity index (χ0) is 20.1. The highest BCUT2D eigenvalue weighted by Crippen LogP contribution is 2.32. The predicted octanol–water partition coefficient (Wildman–Crippen LogP) is 4.56. The van der Waals surface area contributed by atoms with Crippen LogP contribution in [0.4, 0.5) is 5.82 Å². The van der Waals surface area contributed by atoms with Gasteiger partial charge in [0.25, 0.3) is 0 Å². The fraction of sp³-hybridized carbons (Fsp3) is 0.217. The van der Waals surface area contributed by atoms with Crippen molar-refractivity contribution in [2.75, 3.05) is 19.0 Å². The average molecular weight is 376 g/mol. The smallest absolute Gasteiger partial charge is 0.347 e. The van der Waals surface area contributed by atoms with Crippen molar-refractivity contribution in [3.63, 3.8) is 0 Å². The van der Waals surface area contributed by atoms with Crippen molar-refractivity contribution in [3.05, 3.63) is 83.0 Å². The third-order valence-electron chi connectivity index (χ3n) is 4.35. The number of nitrogens with zero attached hydrogens (tertiary/aromatic N) is 2. The zero-order valence-corrected chi connectivity index (χ0v) is 16.6. The molecule has 0 saturated carbocycles. The number of ether oxygens (including phenoxy) is 2. The molecule has 3 rings (SSSR count). The molecular weight excluding hydrogens is 352 g/mol. The number of aryl methyl sites for hydroxylation is 1. The standard InChI is InChI=1S/C23H24N2O3/c1-16-20(23(26)28-19-13-9-6-10-14-19)21(17(2)24-22(16)25(3)4)27-15-18-11-7-5-8-12-18/h5-14H,15H2,1-4H3. The molecule has 5 heteroatoms. The van der Waals surface area contributed by atoms with Gasteiger partial charge < -0.3 is 14.4 Å². The number of aromatic nitrogens is 1. The van der Waals surface area contributed by atoms with Crippen molar-refractivity contribution in [2.24, 2.45) is 0 Å². The van der Waals surface area contributed by atoms with Crippen LogP contribution in [0.25, 0.3) is 0 Å². The number of benzene rings is 2. The maximum absolute atomic E-state index is 13.0. The first-order chi connectivity index (χ1) is 13.5. The highest BCUT2D eigenvalue weighted by molar-refractivity contribution is 5.97. The second kappa shape index (κ2) is 8.57. The summed E-state index contributed by atoms with van der Waals surface area (Å²) in [4.78, 5) is 19.6. The van der Waals surface area contributed by atoms with Gasteiger partial charge >= 0.3 is 5.97 Å². The predicted molar refractivity (Wildman–Crippen MR) is 110 cm³/mol. The monoisotopic (exact) mass is 376 g/mol. The molecule has 0 fully saturated rings. The van der Waals surface area contributed by atoms with Gasteiger partial charge in [0.1, 0.15) is 23.7 Å². The first-order valence-corrected chi connectivity index (χ1v) is 9.10. The van der Waals surface area contributed by atoms with Crippen LogP contribution < -0.4 is 14.4 Å². The van der Waals surface area contributed by atoms with Crippen molar-refractivity contribution < 1.29 is 14.3 Å².